The van der Waals surface area contributed by atoms with Gasteiger partial charge in [-0.3, -0.25) is 0 Å². The van der Waals surface area contributed by atoms with Crippen molar-refractivity contribution in [1.82, 2.24) is 9.13 Å². The number of hydrogen-bond donors (Lipinski definition) is 0. The largest absolute Gasteiger partial charge is 0.318 e. The molecule has 0 fully saturated rings. The van der Waals surface area contributed by atoms with Gasteiger partial charge in [0.05, 0.1) is 45.6 Å². The first-order valence-electron chi connectivity index (χ1n) is 20.4. The standard InChI is InChI=1S/C56H30N4S/c1-58-54-50(33-16-4-2-5-17-33)43(32-57)55(59-44-26-12-10-22-37(44)41-30-42-38-23-11-13-29-48(38)61-49(42)31-47(41)59)51(34-18-6-3-7-19-34)56(54)60-45-27-14-24-39-35-20-8-9-21-36(35)40-25-15-28-46(60)53(40)52(39)45/h2-31H. The van der Waals surface area contributed by atoms with Gasteiger partial charge in [0, 0.05) is 52.8 Å². The number of thiophene rings is 1. The van der Waals surface area contributed by atoms with Crippen LogP contribution in [0.15, 0.2) is 182 Å². The van der Waals surface area contributed by atoms with E-state index in [9.17, 15) is 11.8 Å². The van der Waals surface area contributed by atoms with Crippen molar-refractivity contribution in [3.8, 4) is 39.7 Å². The Labute approximate surface area is 353 Å². The summed E-state index contributed by atoms with van der Waals surface area (Å²) < 4.78 is 7.06. The first-order valence-corrected chi connectivity index (χ1v) is 21.2. The Balaban J connectivity index is 1.31. The van der Waals surface area contributed by atoms with Crippen molar-refractivity contribution in [2.75, 3.05) is 0 Å². The molecule has 13 aromatic rings. The molecule has 0 spiro atoms. The summed E-state index contributed by atoms with van der Waals surface area (Å²) in [4.78, 5) is 4.49. The van der Waals surface area contributed by atoms with Gasteiger partial charge in [-0.05, 0) is 69.1 Å². The van der Waals surface area contributed by atoms with Crippen LogP contribution in [0.2, 0.25) is 0 Å². The van der Waals surface area contributed by atoms with E-state index in [0.29, 0.717) is 16.8 Å². The fraction of sp³-hybridized carbons (Fsp3) is 0. The topological polar surface area (TPSA) is 38.0 Å². The second-order valence-corrected chi connectivity index (χ2v) is 16.8. The van der Waals surface area contributed by atoms with Crippen molar-refractivity contribution in [2.24, 2.45) is 0 Å². The first-order chi connectivity index (χ1) is 30.2. The smallest absolute Gasteiger partial charge is 0.220 e. The second-order valence-electron chi connectivity index (χ2n) is 15.7. The summed E-state index contributed by atoms with van der Waals surface area (Å²) in [5.41, 5.74) is 9.61. The summed E-state index contributed by atoms with van der Waals surface area (Å²) in [6.45, 7) is 9.17. The van der Waals surface area contributed by atoms with Crippen molar-refractivity contribution in [2.45, 2.75) is 0 Å². The molecule has 0 bridgehead atoms. The highest BCUT2D eigenvalue weighted by Crippen LogP contribution is 2.54. The van der Waals surface area contributed by atoms with E-state index in [-0.39, 0.29) is 0 Å². The Morgan fingerprint density at radius 1 is 0.426 bits per heavy atom. The van der Waals surface area contributed by atoms with Crippen LogP contribution < -0.4 is 0 Å². The van der Waals surface area contributed by atoms with E-state index < -0.39 is 0 Å². The van der Waals surface area contributed by atoms with E-state index in [1.54, 1.807) is 11.3 Å². The molecule has 0 atom stereocenters. The molecule has 5 heteroatoms. The maximum atomic E-state index is 11.7. The molecular weight excluding hydrogens is 761 g/mol. The predicted octanol–water partition coefficient (Wildman–Crippen LogP) is 15.7. The van der Waals surface area contributed by atoms with Gasteiger partial charge in [-0.1, -0.05) is 146 Å². The van der Waals surface area contributed by atoms with Crippen LogP contribution in [0.4, 0.5) is 5.69 Å². The zero-order valence-corrected chi connectivity index (χ0v) is 33.3. The lowest BCUT2D eigenvalue weighted by Crippen LogP contribution is -2.08. The summed E-state index contributed by atoms with van der Waals surface area (Å²) >= 11 is 1.79. The molecule has 0 aliphatic heterocycles. The van der Waals surface area contributed by atoms with Crippen LogP contribution in [-0.4, -0.2) is 9.13 Å². The minimum Gasteiger partial charge on any atom is -0.318 e. The zero-order chi connectivity index (χ0) is 40.3. The van der Waals surface area contributed by atoms with E-state index in [0.717, 1.165) is 71.7 Å². The lowest BCUT2D eigenvalue weighted by molar-refractivity contribution is 1.13. The van der Waals surface area contributed by atoms with Crippen LogP contribution in [0.1, 0.15) is 5.56 Å². The van der Waals surface area contributed by atoms with Gasteiger partial charge in [0.15, 0.2) is 0 Å². The maximum absolute atomic E-state index is 11.7. The highest BCUT2D eigenvalue weighted by atomic mass is 32.1. The van der Waals surface area contributed by atoms with Crippen LogP contribution >= 0.6 is 11.3 Å². The van der Waals surface area contributed by atoms with Crippen LogP contribution in [0, 0.1) is 17.9 Å². The van der Waals surface area contributed by atoms with Crippen LogP contribution in [0.25, 0.3) is 124 Å². The average Bonchev–Trinajstić information content (AvgIpc) is 3.97. The Morgan fingerprint density at radius 3 is 1.59 bits per heavy atom. The molecule has 3 aromatic heterocycles. The third-order valence-electron chi connectivity index (χ3n) is 12.7. The third-order valence-corrected chi connectivity index (χ3v) is 13.8. The second kappa shape index (κ2) is 12.6. The monoisotopic (exact) mass is 790 g/mol. The van der Waals surface area contributed by atoms with E-state index >= 15 is 0 Å². The zero-order valence-electron chi connectivity index (χ0n) is 32.5. The van der Waals surface area contributed by atoms with Crippen molar-refractivity contribution in [3.05, 3.63) is 199 Å². The number of aromatic nitrogens is 2. The van der Waals surface area contributed by atoms with Gasteiger partial charge in [0.25, 0.3) is 0 Å². The molecule has 0 aliphatic rings. The first kappa shape index (κ1) is 33.7. The van der Waals surface area contributed by atoms with Gasteiger partial charge in [-0.15, -0.1) is 11.3 Å². The van der Waals surface area contributed by atoms with Gasteiger partial charge in [0.1, 0.15) is 6.07 Å². The van der Waals surface area contributed by atoms with Gasteiger partial charge in [0.2, 0.25) is 5.69 Å². The molecule has 0 unspecified atom stereocenters. The molecule has 280 valence electrons. The number of hydrogen-bond acceptors (Lipinski definition) is 2. The van der Waals surface area contributed by atoms with Crippen molar-refractivity contribution in [3.63, 3.8) is 0 Å². The van der Waals surface area contributed by atoms with Crippen LogP contribution in [0.3, 0.4) is 0 Å². The summed E-state index contributed by atoms with van der Waals surface area (Å²) in [6, 6.07) is 66.7. The van der Waals surface area contributed by atoms with E-state index in [4.69, 9.17) is 0 Å². The number of nitriles is 1. The Hall–Kier alpha value is -8.22. The molecule has 0 radical (unpaired) electrons. The molecule has 0 amide bonds. The van der Waals surface area contributed by atoms with Crippen molar-refractivity contribution >= 4 is 102 Å². The predicted molar refractivity (Wildman–Crippen MR) is 256 cm³/mol. The maximum Gasteiger partial charge on any atom is 0.220 e. The number of para-hydroxylation sites is 1. The quantitative estimate of drug-likeness (QED) is 0.129. The molecule has 13 rings (SSSR count). The molecular formula is C56H30N4S. The highest BCUT2D eigenvalue weighted by molar-refractivity contribution is 7.25. The van der Waals surface area contributed by atoms with Gasteiger partial charge >= 0.3 is 0 Å². The third kappa shape index (κ3) is 4.50. The fourth-order valence-electron chi connectivity index (χ4n) is 10.3. The minimum atomic E-state index is 0.435. The molecule has 0 N–H and O–H groups in total. The van der Waals surface area contributed by atoms with Gasteiger partial charge < -0.3 is 9.13 Å². The summed E-state index contributed by atoms with van der Waals surface area (Å²) in [6.07, 6.45) is 0. The van der Waals surface area contributed by atoms with E-state index in [2.05, 4.69) is 166 Å². The Morgan fingerprint density at radius 2 is 0.951 bits per heavy atom. The number of nitrogens with zero attached hydrogens (tertiary/aromatic N) is 4. The molecule has 3 heterocycles. The molecule has 0 saturated carbocycles. The average molecular weight is 791 g/mol. The molecule has 0 aliphatic carbocycles. The molecule has 4 nitrogen and oxygen atoms in total. The summed E-state index contributed by atoms with van der Waals surface area (Å²) in [5.74, 6) is 0. The number of fused-ring (bicyclic) bond motifs is 9. The number of rotatable bonds is 4. The molecule has 10 aromatic carbocycles. The van der Waals surface area contributed by atoms with Gasteiger partial charge in [-0.25, -0.2) is 4.85 Å². The Kier molecular flexibility index (Phi) is 6.99. The van der Waals surface area contributed by atoms with Crippen LogP contribution in [-0.2, 0) is 0 Å². The van der Waals surface area contributed by atoms with Crippen LogP contribution in [0.5, 0.6) is 0 Å². The summed E-state index contributed by atoms with van der Waals surface area (Å²) in [5, 5.41) is 23.5. The highest BCUT2D eigenvalue weighted by Gasteiger charge is 2.32. The van der Waals surface area contributed by atoms with Crippen molar-refractivity contribution < 1.29 is 0 Å². The van der Waals surface area contributed by atoms with E-state index in [1.165, 1.54) is 41.7 Å². The number of benzene rings is 10. The summed E-state index contributed by atoms with van der Waals surface area (Å²) in [7, 11) is 0. The molecule has 0 saturated heterocycles. The fourth-order valence-corrected chi connectivity index (χ4v) is 11.4. The lowest BCUT2D eigenvalue weighted by Gasteiger charge is -2.25. The SMILES string of the molecule is [C-]#[N+]c1c(-c2ccccc2)c(C#N)c(-n2c3ccccc3c3cc4c(cc32)sc2ccccc24)c(-c2ccccc2)c1-n1c2cccc3c4ccccc4c4cccc1c4c32. The van der Waals surface area contributed by atoms with E-state index in [1.807, 2.05) is 36.4 Å². The Bertz CT molecular complexity index is 3970. The van der Waals surface area contributed by atoms with Crippen molar-refractivity contribution in [1.29, 1.82) is 5.26 Å². The van der Waals surface area contributed by atoms with Gasteiger partial charge in [-0.2, -0.15) is 5.26 Å². The minimum absolute atomic E-state index is 0.435. The molecule has 61 heavy (non-hydrogen) atoms. The normalized spacial score (nSPS) is 11.9. The lowest BCUT2D eigenvalue weighted by atomic mass is 9.88.